The van der Waals surface area contributed by atoms with Gasteiger partial charge in [-0.15, -0.1) is 4.91 Å². The first-order valence-electron chi connectivity index (χ1n) is 13.5. The SMILES string of the molecule is CCNC(=O)Nc1nc2c([C@H]3CCCO3)c(F)c(/C(C=NC(C)C(C)(C)OP(=O)(N=O)[NH+]([O-])C3CC3)=C/N)cc2[nH]1. The van der Waals surface area contributed by atoms with Gasteiger partial charge in [0, 0.05) is 55.1 Å². The molecule has 2 aliphatic rings. The first-order chi connectivity index (χ1) is 19.4. The maximum atomic E-state index is 16.1. The number of anilines is 1. The van der Waals surface area contributed by atoms with Crippen molar-refractivity contribution in [3.8, 4) is 0 Å². The molecular formula is C25H36FN8O6P. The number of carbonyl (C=O) groups excluding carboxylic acids is 1. The summed E-state index contributed by atoms with van der Waals surface area (Å²) in [5, 5.41) is 17.6. The Morgan fingerprint density at radius 3 is 2.78 bits per heavy atom. The molecule has 1 aliphatic heterocycles. The van der Waals surface area contributed by atoms with Crippen molar-refractivity contribution in [2.45, 2.75) is 77.2 Å². The van der Waals surface area contributed by atoms with Crippen molar-refractivity contribution in [2.75, 3.05) is 18.5 Å². The lowest BCUT2D eigenvalue weighted by atomic mass is 9.97. The van der Waals surface area contributed by atoms with Crippen LogP contribution in [-0.4, -0.2) is 53.1 Å². The first-order valence-corrected chi connectivity index (χ1v) is 15.1. The third kappa shape index (κ3) is 6.65. The van der Waals surface area contributed by atoms with Crippen molar-refractivity contribution >= 4 is 42.5 Å². The van der Waals surface area contributed by atoms with E-state index in [-0.39, 0.29) is 22.6 Å². The van der Waals surface area contributed by atoms with Gasteiger partial charge < -0.3 is 26.0 Å². The number of benzene rings is 1. The van der Waals surface area contributed by atoms with E-state index in [0.29, 0.717) is 43.4 Å². The third-order valence-electron chi connectivity index (χ3n) is 7.17. The summed E-state index contributed by atoms with van der Waals surface area (Å²) in [6.45, 7) is 7.37. The number of fused-ring (bicyclic) bond motifs is 1. The standard InChI is InChI=1S/C25H36FN8O6P/c1-5-28-24(35)32-23-30-18-11-17(21(26)20(22(18)31-23)19-7-6-10-39-19)15(12-27)13-29-14(2)25(3,4)40-41(38,33-36)34(37)16-8-9-16/h11-14,16,19,34H,5-10,27H2,1-4H3,(H3,28,30,31,32,35)/b15-12+,29-13?/t14?,19-,41?/m1/s1. The summed E-state index contributed by atoms with van der Waals surface area (Å²) < 4.78 is 40.3. The minimum Gasteiger partial charge on any atom is -0.628 e. The quantitative estimate of drug-likeness (QED) is 0.106. The second-order valence-electron chi connectivity index (χ2n) is 10.6. The number of H-pyrrole nitrogens is 1. The maximum Gasteiger partial charge on any atom is 0.543 e. The Bertz CT molecular complexity index is 1400. The van der Waals surface area contributed by atoms with E-state index in [9.17, 15) is 19.5 Å². The molecule has 1 saturated carbocycles. The van der Waals surface area contributed by atoms with Crippen molar-refractivity contribution in [3.05, 3.63) is 39.3 Å². The minimum absolute atomic E-state index is 0.109. The molecule has 1 saturated heterocycles. The zero-order valence-electron chi connectivity index (χ0n) is 23.4. The van der Waals surface area contributed by atoms with Crippen LogP contribution in [0.15, 0.2) is 22.2 Å². The van der Waals surface area contributed by atoms with Crippen molar-refractivity contribution in [1.29, 1.82) is 0 Å². The molecule has 0 spiro atoms. The molecule has 14 nitrogen and oxygen atoms in total. The lowest BCUT2D eigenvalue weighted by molar-refractivity contribution is -0.736. The summed E-state index contributed by atoms with van der Waals surface area (Å²) in [6, 6.07) is -0.180. The molecule has 1 aliphatic carbocycles. The van der Waals surface area contributed by atoms with Gasteiger partial charge in [0.25, 0.3) is 0 Å². The molecule has 2 aromatic rings. The second-order valence-corrected chi connectivity index (χ2v) is 12.4. The number of ether oxygens (including phenoxy) is 1. The highest BCUT2D eigenvalue weighted by Gasteiger charge is 2.48. The first kappa shape index (κ1) is 30.7. The number of carbonyl (C=O) groups is 1. The van der Waals surface area contributed by atoms with Gasteiger partial charge in [0.1, 0.15) is 5.82 Å². The summed E-state index contributed by atoms with van der Waals surface area (Å²) in [6.07, 6.45) is 4.41. The number of aromatic amines is 1. The van der Waals surface area contributed by atoms with Gasteiger partial charge >= 0.3 is 13.7 Å². The topological polar surface area (TPSA) is 201 Å². The molecule has 4 rings (SSSR count). The number of halogens is 1. The molecule has 41 heavy (non-hydrogen) atoms. The van der Waals surface area contributed by atoms with E-state index in [1.54, 1.807) is 13.8 Å². The molecular weight excluding hydrogens is 558 g/mol. The average molecular weight is 595 g/mol. The fourth-order valence-electron chi connectivity index (χ4n) is 4.47. The van der Waals surface area contributed by atoms with Gasteiger partial charge in [-0.05, 0) is 46.6 Å². The number of imidazole rings is 1. The van der Waals surface area contributed by atoms with E-state index < -0.39 is 48.1 Å². The minimum atomic E-state index is -4.44. The van der Waals surface area contributed by atoms with Crippen LogP contribution in [0.25, 0.3) is 16.6 Å². The molecule has 4 atom stereocenters. The monoisotopic (exact) mass is 594 g/mol. The molecule has 2 amide bonds. The Labute approximate surface area is 236 Å². The maximum absolute atomic E-state index is 16.1. The highest BCUT2D eigenvalue weighted by molar-refractivity contribution is 7.50. The zero-order valence-corrected chi connectivity index (χ0v) is 24.3. The molecule has 224 valence electrons. The molecule has 0 bridgehead atoms. The van der Waals surface area contributed by atoms with Crippen LogP contribution in [0.4, 0.5) is 15.1 Å². The lowest BCUT2D eigenvalue weighted by Crippen LogP contribution is -3.04. The number of nitrogens with zero attached hydrogens (tertiary/aromatic N) is 3. The molecule has 6 N–H and O–H groups in total. The number of nitrogens with two attached hydrogens (primary N) is 1. The van der Waals surface area contributed by atoms with E-state index in [0.717, 1.165) is 6.42 Å². The number of aliphatic imine (C=N–C) groups is 1. The fraction of sp³-hybridized carbons (Fsp3) is 0.560. The average Bonchev–Trinajstić information content (AvgIpc) is 3.49. The van der Waals surface area contributed by atoms with Crippen LogP contribution in [0.5, 0.6) is 0 Å². The number of allylic oxidation sites excluding steroid dienone is 1. The van der Waals surface area contributed by atoms with Crippen molar-refractivity contribution < 1.29 is 27.8 Å². The zero-order chi connectivity index (χ0) is 29.9. The molecule has 16 heteroatoms. The van der Waals surface area contributed by atoms with E-state index in [4.69, 9.17) is 15.0 Å². The highest BCUT2D eigenvalue weighted by atomic mass is 31.2. The fourth-order valence-corrected chi connectivity index (χ4v) is 6.18. The van der Waals surface area contributed by atoms with Crippen LogP contribution >= 0.6 is 7.67 Å². The van der Waals surface area contributed by atoms with Crippen molar-refractivity contribution in [3.63, 3.8) is 0 Å². The van der Waals surface area contributed by atoms with Gasteiger partial charge in [0.15, 0.2) is 0 Å². The van der Waals surface area contributed by atoms with Crippen molar-refractivity contribution in [1.82, 2.24) is 15.3 Å². The van der Waals surface area contributed by atoms with Crippen LogP contribution in [0.1, 0.15) is 70.6 Å². The van der Waals surface area contributed by atoms with E-state index >= 15 is 4.39 Å². The number of nitrogens with one attached hydrogen (secondary N) is 4. The number of quaternary nitrogens is 1. The number of amides is 2. The summed E-state index contributed by atoms with van der Waals surface area (Å²) in [7, 11) is -4.44. The normalized spacial score (nSPS) is 21.1. The van der Waals surface area contributed by atoms with Gasteiger partial charge in [-0.1, -0.05) is 0 Å². The number of hydrogen-bond donors (Lipinski definition) is 5. The Balaban J connectivity index is 1.65. The Kier molecular flexibility index (Phi) is 9.24. The molecule has 2 fully saturated rings. The molecule has 1 aromatic carbocycles. The van der Waals surface area contributed by atoms with E-state index in [1.807, 2.05) is 0 Å². The van der Waals surface area contributed by atoms with Gasteiger partial charge in [0.2, 0.25) is 5.95 Å². The van der Waals surface area contributed by atoms with Crippen LogP contribution in [0, 0.1) is 15.9 Å². The van der Waals surface area contributed by atoms with Crippen molar-refractivity contribution in [2.24, 2.45) is 15.7 Å². The number of urea groups is 1. The lowest BCUT2D eigenvalue weighted by Gasteiger charge is -2.33. The third-order valence-corrected chi connectivity index (χ3v) is 9.03. The Morgan fingerprint density at radius 2 is 2.20 bits per heavy atom. The van der Waals surface area contributed by atoms with Crippen LogP contribution in [0.3, 0.4) is 0 Å². The van der Waals surface area contributed by atoms with Gasteiger partial charge in [-0.3, -0.25) is 19.7 Å². The second kappa shape index (κ2) is 12.3. The Hall–Kier alpha value is -3.23. The van der Waals surface area contributed by atoms with E-state index in [1.165, 1.54) is 32.3 Å². The number of rotatable bonds is 12. The van der Waals surface area contributed by atoms with E-state index in [2.05, 4.69) is 30.5 Å². The summed E-state index contributed by atoms with van der Waals surface area (Å²) >= 11 is 0. The highest BCUT2D eigenvalue weighted by Crippen LogP contribution is 2.46. The molecule has 2 heterocycles. The predicted molar refractivity (Wildman–Crippen MR) is 153 cm³/mol. The molecule has 1 aromatic heterocycles. The number of nitroso groups, excluding NO2 is 1. The van der Waals surface area contributed by atoms with Crippen LogP contribution < -0.4 is 21.2 Å². The smallest absolute Gasteiger partial charge is 0.543 e. The van der Waals surface area contributed by atoms with Gasteiger partial charge in [0.05, 0.1) is 39.8 Å². The summed E-state index contributed by atoms with van der Waals surface area (Å²) in [5.74, 6) is -0.466. The summed E-state index contributed by atoms with van der Waals surface area (Å²) in [5.41, 5.74) is 5.89. The van der Waals surface area contributed by atoms with Gasteiger partial charge in [-0.2, -0.15) is 0 Å². The van der Waals surface area contributed by atoms with Crippen LogP contribution in [-0.2, 0) is 13.8 Å². The van der Waals surface area contributed by atoms with Gasteiger partial charge in [-0.25, -0.2) is 18.7 Å². The number of aromatic nitrogens is 2. The Morgan fingerprint density at radius 1 is 1.46 bits per heavy atom. The largest absolute Gasteiger partial charge is 0.628 e. The molecule has 3 unspecified atom stereocenters. The van der Waals surface area contributed by atoms with Crippen LogP contribution in [0.2, 0.25) is 0 Å². The molecule has 0 radical (unpaired) electrons. The number of hydroxylamine groups is 1. The summed E-state index contributed by atoms with van der Waals surface area (Å²) in [4.78, 5) is 37.0. The predicted octanol–water partition coefficient (Wildman–Crippen LogP) is 3.67. The number of hydrogen-bond acceptors (Lipinski definition) is 9.